The van der Waals surface area contributed by atoms with Crippen molar-refractivity contribution in [2.75, 3.05) is 26.3 Å². The van der Waals surface area contributed by atoms with Crippen LogP contribution in [-0.2, 0) is 4.74 Å². The highest BCUT2D eigenvalue weighted by molar-refractivity contribution is 9.10. The van der Waals surface area contributed by atoms with Crippen LogP contribution >= 0.6 is 15.9 Å². The van der Waals surface area contributed by atoms with E-state index >= 15 is 0 Å². The number of nitrogens with one attached hydrogen (secondary N) is 2. The van der Waals surface area contributed by atoms with Crippen LogP contribution in [0.1, 0.15) is 15.9 Å². The summed E-state index contributed by atoms with van der Waals surface area (Å²) in [5, 5.41) is 6.22. The predicted molar refractivity (Wildman–Crippen MR) is 73.8 cm³/mol. The van der Waals surface area contributed by atoms with Gasteiger partial charge < -0.3 is 15.4 Å². The first-order valence-electron chi connectivity index (χ1n) is 6.02. The number of carbonyl (C=O) groups is 1. The molecular weight excluding hydrogens is 296 g/mol. The molecule has 2 N–H and O–H groups in total. The Balaban J connectivity index is 1.90. The van der Waals surface area contributed by atoms with Crippen LogP contribution in [0.15, 0.2) is 22.7 Å². The van der Waals surface area contributed by atoms with E-state index in [4.69, 9.17) is 4.74 Å². The van der Waals surface area contributed by atoms with Crippen molar-refractivity contribution in [2.45, 2.75) is 13.0 Å². The van der Waals surface area contributed by atoms with E-state index in [1.807, 2.05) is 25.1 Å². The Bertz CT molecular complexity index is 431. The average molecular weight is 313 g/mol. The van der Waals surface area contributed by atoms with Gasteiger partial charge in [-0.05, 0) is 40.5 Å². The minimum absolute atomic E-state index is 0.0609. The second-order valence-corrected chi connectivity index (χ2v) is 5.27. The Morgan fingerprint density at radius 3 is 3.11 bits per heavy atom. The molecule has 1 atom stereocenters. The van der Waals surface area contributed by atoms with Gasteiger partial charge in [0.1, 0.15) is 0 Å². The summed E-state index contributed by atoms with van der Waals surface area (Å²) in [7, 11) is 0. The molecule has 0 saturated carbocycles. The van der Waals surface area contributed by atoms with Crippen LogP contribution in [0.3, 0.4) is 0 Å². The van der Waals surface area contributed by atoms with Gasteiger partial charge in [0.15, 0.2) is 0 Å². The number of ether oxygens (including phenoxy) is 1. The first-order chi connectivity index (χ1) is 8.66. The molecule has 1 aliphatic rings. The van der Waals surface area contributed by atoms with Crippen molar-refractivity contribution in [1.82, 2.24) is 10.6 Å². The van der Waals surface area contributed by atoms with E-state index in [2.05, 4.69) is 26.6 Å². The van der Waals surface area contributed by atoms with E-state index in [0.29, 0.717) is 18.7 Å². The molecule has 1 aromatic rings. The van der Waals surface area contributed by atoms with E-state index in [-0.39, 0.29) is 11.9 Å². The summed E-state index contributed by atoms with van der Waals surface area (Å²) in [4.78, 5) is 12.0. The quantitative estimate of drug-likeness (QED) is 0.889. The maximum atomic E-state index is 12.0. The van der Waals surface area contributed by atoms with E-state index < -0.39 is 0 Å². The number of rotatable bonds is 3. The molecule has 1 fully saturated rings. The summed E-state index contributed by atoms with van der Waals surface area (Å²) in [5.74, 6) is -0.0609. The monoisotopic (exact) mass is 312 g/mol. The summed E-state index contributed by atoms with van der Waals surface area (Å²) < 4.78 is 6.16. The molecule has 1 amide bonds. The second-order valence-electron chi connectivity index (χ2n) is 4.42. The lowest BCUT2D eigenvalue weighted by atomic mass is 10.1. The number of morpholine rings is 1. The maximum Gasteiger partial charge on any atom is 0.252 e. The molecule has 1 heterocycles. The summed E-state index contributed by atoms with van der Waals surface area (Å²) >= 11 is 3.41. The number of benzene rings is 1. The Labute approximate surface area is 115 Å². The van der Waals surface area contributed by atoms with Gasteiger partial charge in [-0.2, -0.15) is 0 Å². The molecule has 0 bridgehead atoms. The van der Waals surface area contributed by atoms with Crippen molar-refractivity contribution < 1.29 is 9.53 Å². The fourth-order valence-electron chi connectivity index (χ4n) is 1.87. The highest BCUT2D eigenvalue weighted by Crippen LogP contribution is 2.18. The minimum atomic E-state index is -0.0609. The van der Waals surface area contributed by atoms with E-state index in [1.54, 1.807) is 0 Å². The number of amides is 1. The molecule has 18 heavy (non-hydrogen) atoms. The average Bonchev–Trinajstić information content (AvgIpc) is 2.37. The fourth-order valence-corrected chi connectivity index (χ4v) is 2.54. The molecule has 1 aromatic carbocycles. The molecule has 0 aromatic heterocycles. The summed E-state index contributed by atoms with van der Waals surface area (Å²) in [6, 6.07) is 5.91. The van der Waals surface area contributed by atoms with Crippen molar-refractivity contribution in [1.29, 1.82) is 0 Å². The van der Waals surface area contributed by atoms with Crippen LogP contribution in [0.4, 0.5) is 0 Å². The number of halogens is 1. The summed E-state index contributed by atoms with van der Waals surface area (Å²) in [6.07, 6.45) is 0. The van der Waals surface area contributed by atoms with Crippen molar-refractivity contribution in [3.05, 3.63) is 33.8 Å². The molecule has 0 radical (unpaired) electrons. The predicted octanol–water partition coefficient (Wildman–Crippen LogP) is 1.48. The maximum absolute atomic E-state index is 12.0. The second kappa shape index (κ2) is 6.31. The lowest BCUT2D eigenvalue weighted by molar-refractivity contribution is 0.0734. The zero-order chi connectivity index (χ0) is 13.0. The standard InChI is InChI=1S/C13H17BrN2O2/c1-9-2-3-11(12(14)6-9)13(17)16-7-10-8-18-5-4-15-10/h2-3,6,10,15H,4-5,7-8H2,1H3,(H,16,17). The molecule has 98 valence electrons. The van der Waals surface area contributed by atoms with Crippen LogP contribution in [0.25, 0.3) is 0 Å². The third kappa shape index (κ3) is 3.54. The summed E-state index contributed by atoms with van der Waals surface area (Å²) in [6.45, 7) is 4.81. The molecule has 0 spiro atoms. The highest BCUT2D eigenvalue weighted by Gasteiger charge is 2.15. The molecule has 5 heteroatoms. The Kier molecular flexibility index (Phi) is 4.74. The molecule has 1 saturated heterocycles. The molecular formula is C13H17BrN2O2. The molecule has 1 unspecified atom stereocenters. The smallest absolute Gasteiger partial charge is 0.252 e. The molecule has 4 nitrogen and oxygen atoms in total. The Morgan fingerprint density at radius 1 is 1.61 bits per heavy atom. The van der Waals surface area contributed by atoms with Crippen LogP contribution in [0.2, 0.25) is 0 Å². The van der Waals surface area contributed by atoms with Gasteiger partial charge in [-0.3, -0.25) is 4.79 Å². The SMILES string of the molecule is Cc1ccc(C(=O)NCC2COCCN2)c(Br)c1. The van der Waals surface area contributed by atoms with Gasteiger partial charge >= 0.3 is 0 Å². The molecule has 1 aliphatic heterocycles. The normalized spacial score (nSPS) is 19.6. The lowest BCUT2D eigenvalue weighted by Gasteiger charge is -2.24. The van der Waals surface area contributed by atoms with Crippen LogP contribution in [0.5, 0.6) is 0 Å². The van der Waals surface area contributed by atoms with E-state index in [9.17, 15) is 4.79 Å². The largest absolute Gasteiger partial charge is 0.378 e. The Hall–Kier alpha value is -0.910. The summed E-state index contributed by atoms with van der Waals surface area (Å²) in [5.41, 5.74) is 1.79. The van der Waals surface area contributed by atoms with Gasteiger partial charge in [-0.15, -0.1) is 0 Å². The molecule has 2 rings (SSSR count). The fraction of sp³-hybridized carbons (Fsp3) is 0.462. The number of aryl methyl sites for hydroxylation is 1. The molecule has 0 aliphatic carbocycles. The third-order valence-electron chi connectivity index (χ3n) is 2.88. The van der Waals surface area contributed by atoms with E-state index in [1.165, 1.54) is 0 Å². The van der Waals surface area contributed by atoms with Crippen LogP contribution in [-0.4, -0.2) is 38.3 Å². The zero-order valence-electron chi connectivity index (χ0n) is 10.3. The minimum Gasteiger partial charge on any atom is -0.378 e. The van der Waals surface area contributed by atoms with E-state index in [0.717, 1.165) is 23.2 Å². The highest BCUT2D eigenvalue weighted by atomic mass is 79.9. The Morgan fingerprint density at radius 2 is 2.44 bits per heavy atom. The van der Waals surface area contributed by atoms with Gasteiger partial charge in [0, 0.05) is 23.6 Å². The van der Waals surface area contributed by atoms with Gasteiger partial charge in [0.25, 0.3) is 5.91 Å². The lowest BCUT2D eigenvalue weighted by Crippen LogP contribution is -2.48. The topological polar surface area (TPSA) is 50.4 Å². The first-order valence-corrected chi connectivity index (χ1v) is 6.81. The van der Waals surface area contributed by atoms with Gasteiger partial charge in [-0.25, -0.2) is 0 Å². The van der Waals surface area contributed by atoms with Crippen molar-refractivity contribution in [3.63, 3.8) is 0 Å². The number of carbonyl (C=O) groups excluding carboxylic acids is 1. The third-order valence-corrected chi connectivity index (χ3v) is 3.53. The number of hydrogen-bond acceptors (Lipinski definition) is 3. The first kappa shape index (κ1) is 13.5. The van der Waals surface area contributed by atoms with Crippen molar-refractivity contribution in [2.24, 2.45) is 0 Å². The van der Waals surface area contributed by atoms with Crippen molar-refractivity contribution >= 4 is 21.8 Å². The van der Waals surface area contributed by atoms with Gasteiger partial charge in [0.2, 0.25) is 0 Å². The number of hydrogen-bond donors (Lipinski definition) is 2. The van der Waals surface area contributed by atoms with Crippen molar-refractivity contribution in [3.8, 4) is 0 Å². The van der Waals surface area contributed by atoms with Gasteiger partial charge in [-0.1, -0.05) is 6.07 Å². The van der Waals surface area contributed by atoms with Crippen LogP contribution < -0.4 is 10.6 Å². The van der Waals surface area contributed by atoms with Crippen LogP contribution in [0, 0.1) is 6.92 Å². The van der Waals surface area contributed by atoms with Gasteiger partial charge in [0.05, 0.1) is 18.8 Å². The zero-order valence-corrected chi connectivity index (χ0v) is 11.9.